The van der Waals surface area contributed by atoms with E-state index in [4.69, 9.17) is 4.74 Å². The van der Waals surface area contributed by atoms with Crippen molar-refractivity contribution in [3.05, 3.63) is 28.2 Å². The monoisotopic (exact) mass is 307 g/mol. The molecule has 1 rings (SSSR count). The van der Waals surface area contributed by atoms with Crippen molar-refractivity contribution in [2.75, 3.05) is 5.32 Å². The van der Waals surface area contributed by atoms with E-state index >= 15 is 0 Å². The summed E-state index contributed by atoms with van der Waals surface area (Å²) in [5, 5.41) is 2.03. The molecule has 1 aromatic rings. The largest absolute Gasteiger partial charge is 0.444 e. The Kier molecular flexibility index (Phi) is 4.08. The Morgan fingerprint density at radius 3 is 2.47 bits per heavy atom. The third-order valence-electron chi connectivity index (χ3n) is 1.67. The lowest BCUT2D eigenvalue weighted by Gasteiger charge is -2.20. The predicted molar refractivity (Wildman–Crippen MR) is 63.9 cm³/mol. The van der Waals surface area contributed by atoms with E-state index in [0.717, 1.165) is 6.07 Å². The average Bonchev–Trinajstić information content (AvgIpc) is 2.16. The molecule has 1 amide bonds. The molecule has 0 aromatic heterocycles. The lowest BCUT2D eigenvalue weighted by atomic mass is 10.2. The van der Waals surface area contributed by atoms with Crippen molar-refractivity contribution in [2.45, 2.75) is 26.4 Å². The van der Waals surface area contributed by atoms with Crippen LogP contribution in [0.5, 0.6) is 0 Å². The zero-order chi connectivity index (χ0) is 13.2. The molecule has 0 fully saturated rings. The van der Waals surface area contributed by atoms with Crippen LogP contribution in [0.2, 0.25) is 0 Å². The van der Waals surface area contributed by atoms with Crippen molar-refractivity contribution in [2.24, 2.45) is 0 Å². The molecule has 0 bridgehead atoms. The average molecular weight is 308 g/mol. The molecule has 17 heavy (non-hydrogen) atoms. The summed E-state index contributed by atoms with van der Waals surface area (Å²) in [6.07, 6.45) is -0.909. The van der Waals surface area contributed by atoms with Gasteiger partial charge in [0.25, 0.3) is 0 Å². The van der Waals surface area contributed by atoms with E-state index in [9.17, 15) is 13.6 Å². The second-order valence-electron chi connectivity index (χ2n) is 4.35. The highest BCUT2D eigenvalue weighted by Gasteiger charge is 2.20. The second-order valence-corrected chi connectivity index (χ2v) is 5.20. The van der Waals surface area contributed by atoms with Gasteiger partial charge in [-0.1, -0.05) is 0 Å². The van der Waals surface area contributed by atoms with E-state index in [1.165, 1.54) is 6.07 Å². The number of ether oxygens (including phenoxy) is 1. The number of hydrogen-bond donors (Lipinski definition) is 1. The van der Waals surface area contributed by atoms with E-state index in [-0.39, 0.29) is 4.47 Å². The highest BCUT2D eigenvalue weighted by atomic mass is 79.9. The van der Waals surface area contributed by atoms with Gasteiger partial charge in [0.15, 0.2) is 5.82 Å². The molecule has 0 aliphatic heterocycles. The van der Waals surface area contributed by atoms with Crippen LogP contribution in [-0.2, 0) is 4.74 Å². The molecule has 0 unspecified atom stereocenters. The summed E-state index contributed by atoms with van der Waals surface area (Å²) in [6.45, 7) is 4.96. The molecule has 0 aliphatic carbocycles. The van der Waals surface area contributed by atoms with E-state index in [1.807, 2.05) is 5.32 Å². The molecule has 0 spiro atoms. The molecular formula is C11H12BrF2NO2. The molecule has 0 heterocycles. The summed E-state index contributed by atoms with van der Waals surface area (Å²) >= 11 is 2.90. The molecule has 0 atom stereocenters. The van der Waals surface area contributed by atoms with Gasteiger partial charge in [0.1, 0.15) is 17.1 Å². The maximum atomic E-state index is 13.5. The molecule has 0 saturated heterocycles. The number of amides is 1. The van der Waals surface area contributed by atoms with Crippen molar-refractivity contribution in [3.63, 3.8) is 0 Å². The van der Waals surface area contributed by atoms with Crippen LogP contribution in [0.4, 0.5) is 19.3 Å². The Morgan fingerprint density at radius 1 is 1.35 bits per heavy atom. The Hall–Kier alpha value is -1.17. The number of carbonyl (C=O) groups excluding carboxylic acids is 1. The molecule has 0 saturated carbocycles. The van der Waals surface area contributed by atoms with Gasteiger partial charge < -0.3 is 4.74 Å². The first-order chi connectivity index (χ1) is 7.70. The van der Waals surface area contributed by atoms with E-state index in [2.05, 4.69) is 15.9 Å². The van der Waals surface area contributed by atoms with E-state index in [0.29, 0.717) is 0 Å². The zero-order valence-corrected chi connectivity index (χ0v) is 11.2. The van der Waals surface area contributed by atoms with Crippen LogP contribution in [-0.4, -0.2) is 11.7 Å². The fourth-order valence-electron chi connectivity index (χ4n) is 1.05. The smallest absolute Gasteiger partial charge is 0.412 e. The number of anilines is 1. The third kappa shape index (κ3) is 3.96. The highest BCUT2D eigenvalue weighted by molar-refractivity contribution is 9.10. The predicted octanol–water partition coefficient (Wildman–Crippen LogP) is 4.07. The topological polar surface area (TPSA) is 38.3 Å². The van der Waals surface area contributed by atoms with Crippen LogP contribution in [0.25, 0.3) is 0 Å². The lowest BCUT2D eigenvalue weighted by Crippen LogP contribution is -2.27. The lowest BCUT2D eigenvalue weighted by molar-refractivity contribution is 0.0634. The van der Waals surface area contributed by atoms with Crippen molar-refractivity contribution in [1.29, 1.82) is 0 Å². The quantitative estimate of drug-likeness (QED) is 0.794. The van der Waals surface area contributed by atoms with Gasteiger partial charge in [-0.05, 0) is 48.8 Å². The van der Waals surface area contributed by atoms with Gasteiger partial charge >= 0.3 is 6.09 Å². The van der Waals surface area contributed by atoms with E-state index in [1.54, 1.807) is 20.8 Å². The van der Waals surface area contributed by atoms with E-state index < -0.39 is 29.0 Å². The Balaban J connectivity index is 2.89. The number of nitrogens with one attached hydrogen (secondary N) is 1. The Bertz CT molecular complexity index is 444. The van der Waals surface area contributed by atoms with Crippen LogP contribution in [0.3, 0.4) is 0 Å². The van der Waals surface area contributed by atoms with Crippen molar-refractivity contribution < 1.29 is 18.3 Å². The SMILES string of the molecule is CC(C)(C)OC(=O)Nc1c(F)ccc(Br)c1F. The third-order valence-corrected chi connectivity index (χ3v) is 2.28. The van der Waals surface area contributed by atoms with Gasteiger partial charge in [0.05, 0.1) is 4.47 Å². The van der Waals surface area contributed by atoms with Crippen LogP contribution < -0.4 is 5.32 Å². The minimum absolute atomic E-state index is 0.0601. The van der Waals surface area contributed by atoms with Gasteiger partial charge in [0.2, 0.25) is 0 Å². The summed E-state index contributed by atoms with van der Waals surface area (Å²) in [5.74, 6) is -1.74. The molecular weight excluding hydrogens is 296 g/mol. The van der Waals surface area contributed by atoms with Gasteiger partial charge in [-0.3, -0.25) is 5.32 Å². The fraction of sp³-hybridized carbons (Fsp3) is 0.364. The fourth-order valence-corrected chi connectivity index (χ4v) is 1.38. The van der Waals surface area contributed by atoms with Crippen LogP contribution in [0.1, 0.15) is 20.8 Å². The normalized spacial score (nSPS) is 11.2. The molecule has 3 nitrogen and oxygen atoms in total. The van der Waals surface area contributed by atoms with Crippen LogP contribution in [0, 0.1) is 11.6 Å². The van der Waals surface area contributed by atoms with Gasteiger partial charge in [-0.25, -0.2) is 13.6 Å². The number of rotatable bonds is 1. The van der Waals surface area contributed by atoms with Crippen LogP contribution >= 0.6 is 15.9 Å². The summed E-state index contributed by atoms with van der Waals surface area (Å²) in [6, 6.07) is 2.25. The first kappa shape index (κ1) is 13.9. The minimum atomic E-state index is -0.909. The molecule has 94 valence electrons. The number of halogens is 3. The van der Waals surface area contributed by atoms with Gasteiger partial charge in [-0.2, -0.15) is 0 Å². The molecule has 1 N–H and O–H groups in total. The molecule has 0 aliphatic rings. The highest BCUT2D eigenvalue weighted by Crippen LogP contribution is 2.26. The first-order valence-electron chi connectivity index (χ1n) is 4.84. The van der Waals surface area contributed by atoms with Gasteiger partial charge in [0, 0.05) is 0 Å². The van der Waals surface area contributed by atoms with Crippen molar-refractivity contribution >= 4 is 27.7 Å². The Labute approximate surface area is 106 Å². The summed E-state index contributed by atoms with van der Waals surface area (Å²) in [5.41, 5.74) is -1.27. The number of hydrogen-bond acceptors (Lipinski definition) is 2. The summed E-state index contributed by atoms with van der Waals surface area (Å²) in [7, 11) is 0. The second kappa shape index (κ2) is 5.00. The van der Waals surface area contributed by atoms with Crippen molar-refractivity contribution in [3.8, 4) is 0 Å². The molecule has 0 radical (unpaired) electrons. The minimum Gasteiger partial charge on any atom is -0.444 e. The zero-order valence-electron chi connectivity index (χ0n) is 9.61. The summed E-state index contributed by atoms with van der Waals surface area (Å²) in [4.78, 5) is 11.4. The maximum absolute atomic E-state index is 13.5. The Morgan fingerprint density at radius 2 is 1.94 bits per heavy atom. The summed E-state index contributed by atoms with van der Waals surface area (Å²) < 4.78 is 31.7. The first-order valence-corrected chi connectivity index (χ1v) is 5.63. The number of benzene rings is 1. The van der Waals surface area contributed by atoms with Crippen molar-refractivity contribution in [1.82, 2.24) is 0 Å². The standard InChI is InChI=1S/C11H12BrF2NO2/c1-11(2,3)17-10(16)15-9-7(13)5-4-6(12)8(9)14/h4-5H,1-3H3,(H,15,16). The molecule has 6 heteroatoms. The number of carbonyl (C=O) groups is 1. The maximum Gasteiger partial charge on any atom is 0.412 e. The van der Waals surface area contributed by atoms with Crippen LogP contribution in [0.15, 0.2) is 16.6 Å². The molecule has 1 aromatic carbocycles. The van der Waals surface area contributed by atoms with Gasteiger partial charge in [-0.15, -0.1) is 0 Å².